The molecule has 0 saturated carbocycles. The summed E-state index contributed by atoms with van der Waals surface area (Å²) in [4.78, 5) is 15.7. The van der Waals surface area contributed by atoms with Crippen LogP contribution in [0.5, 0.6) is 0 Å². The van der Waals surface area contributed by atoms with Gasteiger partial charge in [-0.3, -0.25) is 4.98 Å². The van der Waals surface area contributed by atoms with Gasteiger partial charge in [-0.05, 0) is 6.07 Å². The van der Waals surface area contributed by atoms with Gasteiger partial charge in [0, 0.05) is 11.6 Å². The predicted octanol–water partition coefficient (Wildman–Crippen LogP) is 1.66. The SMILES string of the molecule is Nc1nc(-c2nc3ccncc3[nH]2)cs1. The molecule has 0 fully saturated rings. The number of nitrogen functional groups attached to an aromatic ring is 1. The highest BCUT2D eigenvalue weighted by Gasteiger charge is 2.07. The van der Waals surface area contributed by atoms with Crippen LogP contribution in [0.4, 0.5) is 5.13 Å². The van der Waals surface area contributed by atoms with E-state index in [0.29, 0.717) is 5.13 Å². The maximum absolute atomic E-state index is 5.56. The first-order valence-corrected chi connectivity index (χ1v) is 5.22. The minimum absolute atomic E-state index is 0.545. The van der Waals surface area contributed by atoms with Crippen LogP contribution >= 0.6 is 11.3 Å². The van der Waals surface area contributed by atoms with Crippen LogP contribution in [0.3, 0.4) is 0 Å². The zero-order valence-corrected chi connectivity index (χ0v) is 8.45. The zero-order valence-electron chi connectivity index (χ0n) is 7.64. The Hall–Kier alpha value is -1.95. The first-order chi connectivity index (χ1) is 7.33. The third-order valence-corrected chi connectivity index (χ3v) is 2.72. The summed E-state index contributed by atoms with van der Waals surface area (Å²) in [5.41, 5.74) is 8.12. The molecule has 0 radical (unpaired) electrons. The van der Waals surface area contributed by atoms with Gasteiger partial charge in [0.2, 0.25) is 0 Å². The number of nitrogens with one attached hydrogen (secondary N) is 1. The average Bonchev–Trinajstić information content (AvgIpc) is 2.82. The molecular formula is C9H7N5S. The van der Waals surface area contributed by atoms with E-state index in [4.69, 9.17) is 5.73 Å². The standard InChI is InChI=1S/C9H7N5S/c10-9-14-7(4-15-9)8-12-5-1-2-11-3-6(5)13-8/h1-4H,(H2,10,14)(H,12,13). The van der Waals surface area contributed by atoms with E-state index in [9.17, 15) is 0 Å². The Bertz CT molecular complexity index is 579. The summed E-state index contributed by atoms with van der Waals surface area (Å²) in [6.45, 7) is 0. The lowest BCUT2D eigenvalue weighted by atomic mass is 10.4. The monoisotopic (exact) mass is 217 g/mol. The first kappa shape index (κ1) is 8.37. The number of hydrogen-bond donors (Lipinski definition) is 2. The van der Waals surface area contributed by atoms with Crippen molar-refractivity contribution in [2.75, 3.05) is 5.73 Å². The van der Waals surface area contributed by atoms with Crippen LogP contribution in [-0.4, -0.2) is 19.9 Å². The minimum Gasteiger partial charge on any atom is -0.375 e. The molecule has 0 amide bonds. The summed E-state index contributed by atoms with van der Waals surface area (Å²) in [5, 5.41) is 2.42. The number of aromatic nitrogens is 4. The molecule has 6 heteroatoms. The Balaban J connectivity index is 2.19. The third-order valence-electron chi connectivity index (χ3n) is 2.05. The van der Waals surface area contributed by atoms with Gasteiger partial charge in [0.25, 0.3) is 0 Å². The molecule has 0 atom stereocenters. The molecule has 0 bridgehead atoms. The molecule has 15 heavy (non-hydrogen) atoms. The van der Waals surface area contributed by atoms with Gasteiger partial charge in [0.05, 0.1) is 17.2 Å². The van der Waals surface area contributed by atoms with Crippen molar-refractivity contribution in [3.05, 3.63) is 23.8 Å². The Labute approximate surface area is 89.0 Å². The molecular weight excluding hydrogens is 210 g/mol. The lowest BCUT2D eigenvalue weighted by Crippen LogP contribution is -1.83. The lowest BCUT2D eigenvalue weighted by molar-refractivity contribution is 1.27. The molecule has 0 saturated heterocycles. The summed E-state index contributed by atoms with van der Waals surface area (Å²) in [5.74, 6) is 0.728. The highest BCUT2D eigenvalue weighted by molar-refractivity contribution is 7.13. The fourth-order valence-electron chi connectivity index (χ4n) is 1.37. The number of anilines is 1. The van der Waals surface area contributed by atoms with E-state index in [2.05, 4.69) is 19.9 Å². The van der Waals surface area contributed by atoms with Gasteiger partial charge in [-0.1, -0.05) is 0 Å². The van der Waals surface area contributed by atoms with Crippen molar-refractivity contribution in [1.29, 1.82) is 0 Å². The van der Waals surface area contributed by atoms with Crippen molar-refractivity contribution in [3.8, 4) is 11.5 Å². The van der Waals surface area contributed by atoms with Crippen molar-refractivity contribution >= 4 is 27.5 Å². The molecule has 0 spiro atoms. The molecule has 74 valence electrons. The number of nitrogens with zero attached hydrogens (tertiary/aromatic N) is 3. The maximum atomic E-state index is 5.56. The summed E-state index contributed by atoms with van der Waals surface area (Å²) in [6, 6.07) is 1.85. The summed E-state index contributed by atoms with van der Waals surface area (Å²) < 4.78 is 0. The first-order valence-electron chi connectivity index (χ1n) is 4.34. The van der Waals surface area contributed by atoms with Crippen LogP contribution in [-0.2, 0) is 0 Å². The number of H-pyrrole nitrogens is 1. The number of nitrogens with two attached hydrogens (primary N) is 1. The smallest absolute Gasteiger partial charge is 0.180 e. The largest absolute Gasteiger partial charge is 0.375 e. The van der Waals surface area contributed by atoms with E-state index in [1.807, 2.05) is 11.4 Å². The molecule has 0 aromatic carbocycles. The molecule has 3 N–H and O–H groups in total. The van der Waals surface area contributed by atoms with Crippen molar-refractivity contribution in [1.82, 2.24) is 19.9 Å². The van der Waals surface area contributed by atoms with E-state index in [-0.39, 0.29) is 0 Å². The van der Waals surface area contributed by atoms with Crippen molar-refractivity contribution in [2.45, 2.75) is 0 Å². The number of thiazole rings is 1. The second-order valence-corrected chi connectivity index (χ2v) is 3.94. The lowest BCUT2D eigenvalue weighted by Gasteiger charge is -1.85. The van der Waals surface area contributed by atoms with Gasteiger partial charge < -0.3 is 10.7 Å². The van der Waals surface area contributed by atoms with E-state index < -0.39 is 0 Å². The van der Waals surface area contributed by atoms with E-state index in [0.717, 1.165) is 22.6 Å². The molecule has 3 heterocycles. The second kappa shape index (κ2) is 3.03. The van der Waals surface area contributed by atoms with Crippen LogP contribution in [0, 0.1) is 0 Å². The van der Waals surface area contributed by atoms with Crippen molar-refractivity contribution < 1.29 is 0 Å². The van der Waals surface area contributed by atoms with Gasteiger partial charge in [0.1, 0.15) is 5.69 Å². The average molecular weight is 217 g/mol. The quantitative estimate of drug-likeness (QED) is 0.649. The van der Waals surface area contributed by atoms with Crippen LogP contribution < -0.4 is 5.73 Å². The van der Waals surface area contributed by atoms with E-state index in [1.54, 1.807) is 12.4 Å². The molecule has 0 aliphatic rings. The molecule has 3 rings (SSSR count). The van der Waals surface area contributed by atoms with Crippen LogP contribution in [0.25, 0.3) is 22.6 Å². The van der Waals surface area contributed by atoms with Crippen molar-refractivity contribution in [2.24, 2.45) is 0 Å². The Morgan fingerprint density at radius 1 is 1.33 bits per heavy atom. The van der Waals surface area contributed by atoms with Gasteiger partial charge in [-0.15, -0.1) is 11.3 Å². The fraction of sp³-hybridized carbons (Fsp3) is 0. The zero-order chi connectivity index (χ0) is 10.3. The maximum Gasteiger partial charge on any atom is 0.180 e. The summed E-state index contributed by atoms with van der Waals surface area (Å²) in [7, 11) is 0. The van der Waals surface area contributed by atoms with Crippen LogP contribution in [0.15, 0.2) is 23.8 Å². The summed E-state index contributed by atoms with van der Waals surface area (Å²) in [6.07, 6.45) is 3.45. The summed E-state index contributed by atoms with van der Waals surface area (Å²) >= 11 is 1.40. The predicted molar refractivity (Wildman–Crippen MR) is 59.4 cm³/mol. The molecule has 5 nitrogen and oxygen atoms in total. The van der Waals surface area contributed by atoms with E-state index >= 15 is 0 Å². The van der Waals surface area contributed by atoms with Crippen LogP contribution in [0.2, 0.25) is 0 Å². The highest BCUT2D eigenvalue weighted by atomic mass is 32.1. The Morgan fingerprint density at radius 3 is 3.00 bits per heavy atom. The van der Waals surface area contributed by atoms with E-state index in [1.165, 1.54) is 11.3 Å². The minimum atomic E-state index is 0.545. The number of pyridine rings is 1. The number of hydrogen-bond acceptors (Lipinski definition) is 5. The number of imidazole rings is 1. The Morgan fingerprint density at radius 2 is 2.27 bits per heavy atom. The van der Waals surface area contributed by atoms with Gasteiger partial charge in [-0.2, -0.15) is 0 Å². The number of fused-ring (bicyclic) bond motifs is 1. The molecule has 3 aromatic heterocycles. The van der Waals surface area contributed by atoms with Gasteiger partial charge >= 0.3 is 0 Å². The molecule has 0 aliphatic heterocycles. The number of aromatic amines is 1. The second-order valence-electron chi connectivity index (χ2n) is 3.05. The Kier molecular flexibility index (Phi) is 1.69. The van der Waals surface area contributed by atoms with Crippen LogP contribution in [0.1, 0.15) is 0 Å². The molecule has 0 aliphatic carbocycles. The normalized spacial score (nSPS) is 10.9. The van der Waals surface area contributed by atoms with Gasteiger partial charge in [0.15, 0.2) is 11.0 Å². The molecule has 3 aromatic rings. The third kappa shape index (κ3) is 1.35. The van der Waals surface area contributed by atoms with Gasteiger partial charge in [-0.25, -0.2) is 9.97 Å². The molecule has 0 unspecified atom stereocenters. The van der Waals surface area contributed by atoms with Crippen molar-refractivity contribution in [3.63, 3.8) is 0 Å². The number of rotatable bonds is 1. The topological polar surface area (TPSA) is 80.5 Å². The fourth-order valence-corrected chi connectivity index (χ4v) is 1.92. The highest BCUT2D eigenvalue weighted by Crippen LogP contribution is 2.22.